The van der Waals surface area contributed by atoms with Crippen molar-refractivity contribution in [2.75, 3.05) is 0 Å². The normalized spacial score (nSPS) is 21.3. The second-order valence-electron chi connectivity index (χ2n) is 2.10. The zero-order chi connectivity index (χ0) is 5.66. The van der Waals surface area contributed by atoms with Crippen molar-refractivity contribution in [1.82, 2.24) is 0 Å². The van der Waals surface area contributed by atoms with Crippen LogP contribution in [-0.4, -0.2) is 0 Å². The average Bonchev–Trinajstić information content (AvgIpc) is 1.62. The number of hydrogen-bond donors (Lipinski definition) is 0. The van der Waals surface area contributed by atoms with E-state index in [2.05, 4.69) is 24.3 Å². The minimum absolute atomic E-state index is 0. The van der Waals surface area contributed by atoms with Crippen LogP contribution in [0.5, 0.6) is 0 Å². The predicted molar refractivity (Wildman–Crippen MR) is 36.7 cm³/mol. The van der Waals surface area contributed by atoms with Crippen LogP contribution in [0.25, 0.3) is 0 Å². The maximum absolute atomic E-state index is 2.27. The molecule has 0 heterocycles. The van der Waals surface area contributed by atoms with Gasteiger partial charge in [-0.25, -0.2) is 0 Å². The predicted octanol–water partition coefficient (Wildman–Crippen LogP) is 2.67. The third kappa shape index (κ3) is 4.66. The molecule has 50 valence electrons. The van der Waals surface area contributed by atoms with Gasteiger partial charge in [0.15, 0.2) is 0 Å². The van der Waals surface area contributed by atoms with Crippen molar-refractivity contribution in [2.24, 2.45) is 0 Å². The third-order valence-electron chi connectivity index (χ3n) is 1.33. The summed E-state index contributed by atoms with van der Waals surface area (Å²) in [7, 11) is 0. The second-order valence-corrected chi connectivity index (χ2v) is 2.10. The number of allylic oxidation sites excluding steroid dienone is 4. The summed E-state index contributed by atoms with van der Waals surface area (Å²) in [6.07, 6.45) is 14.0. The van der Waals surface area contributed by atoms with Gasteiger partial charge in [-0.15, -0.1) is 0 Å². The largest absolute Gasteiger partial charge is 0.0882 e. The molecule has 1 heteroatoms. The first kappa shape index (κ1) is 9.17. The molecule has 0 saturated heterocycles. The van der Waals surface area contributed by atoms with Crippen LogP contribution >= 0.6 is 0 Å². The molecule has 0 aromatic carbocycles. The van der Waals surface area contributed by atoms with E-state index in [9.17, 15) is 0 Å². The maximum Gasteiger partial charge on any atom is 0 e. The number of rotatable bonds is 0. The van der Waals surface area contributed by atoms with Crippen LogP contribution in [0.15, 0.2) is 24.3 Å². The minimum atomic E-state index is 0. The van der Waals surface area contributed by atoms with Gasteiger partial charge in [-0.3, -0.25) is 0 Å². The molecule has 0 aliphatic heterocycles. The van der Waals surface area contributed by atoms with E-state index in [1.165, 1.54) is 25.7 Å². The molecule has 0 saturated carbocycles. The summed E-state index contributed by atoms with van der Waals surface area (Å²) in [6.45, 7) is 0. The molecular weight excluding hydrogens is 280 g/mol. The van der Waals surface area contributed by atoms with Crippen molar-refractivity contribution in [2.45, 2.75) is 25.7 Å². The molecule has 0 aromatic rings. The Morgan fingerprint density at radius 1 is 0.556 bits per heavy atom. The molecule has 1 rings (SSSR count). The summed E-state index contributed by atoms with van der Waals surface area (Å²) in [5.74, 6) is 0. The molecule has 0 spiro atoms. The van der Waals surface area contributed by atoms with Gasteiger partial charge in [0.1, 0.15) is 0 Å². The van der Waals surface area contributed by atoms with Crippen molar-refractivity contribution in [3.63, 3.8) is 0 Å². The summed E-state index contributed by atoms with van der Waals surface area (Å²) >= 11 is 0. The molecule has 0 amide bonds. The van der Waals surface area contributed by atoms with Gasteiger partial charge < -0.3 is 0 Å². The van der Waals surface area contributed by atoms with Gasteiger partial charge in [0, 0.05) is 21.1 Å². The number of hydrogen-bond acceptors (Lipinski definition) is 0. The van der Waals surface area contributed by atoms with Gasteiger partial charge in [-0.1, -0.05) is 24.3 Å². The van der Waals surface area contributed by atoms with E-state index in [0.29, 0.717) is 0 Å². The molecule has 0 aromatic heterocycles. The van der Waals surface area contributed by atoms with Crippen molar-refractivity contribution in [1.29, 1.82) is 0 Å². The maximum atomic E-state index is 2.27. The first-order chi connectivity index (χ1) is 4.00. The van der Waals surface area contributed by atoms with Gasteiger partial charge in [0.25, 0.3) is 0 Å². The molecule has 0 nitrogen and oxygen atoms in total. The summed E-state index contributed by atoms with van der Waals surface area (Å²) in [5, 5.41) is 0. The van der Waals surface area contributed by atoms with Crippen molar-refractivity contribution in [3.05, 3.63) is 24.3 Å². The van der Waals surface area contributed by atoms with E-state index in [0.717, 1.165) is 0 Å². The molecular formula is C8H12W. The van der Waals surface area contributed by atoms with Crippen molar-refractivity contribution in [3.8, 4) is 0 Å². The average molecular weight is 292 g/mol. The van der Waals surface area contributed by atoms with Gasteiger partial charge in [0.05, 0.1) is 0 Å². The van der Waals surface area contributed by atoms with E-state index in [1.54, 1.807) is 0 Å². The van der Waals surface area contributed by atoms with Crippen LogP contribution in [0.3, 0.4) is 0 Å². The Bertz CT molecular complexity index is 77.1. The molecule has 9 heavy (non-hydrogen) atoms. The van der Waals surface area contributed by atoms with E-state index in [4.69, 9.17) is 0 Å². The smallest absolute Gasteiger partial charge is 0 e. The monoisotopic (exact) mass is 292 g/mol. The van der Waals surface area contributed by atoms with Crippen molar-refractivity contribution >= 4 is 0 Å². The molecule has 0 unspecified atom stereocenters. The van der Waals surface area contributed by atoms with Crippen LogP contribution in [0, 0.1) is 0 Å². The quantitative estimate of drug-likeness (QED) is 0.602. The van der Waals surface area contributed by atoms with Crippen LogP contribution in [-0.2, 0) is 21.1 Å². The third-order valence-corrected chi connectivity index (χ3v) is 1.33. The zero-order valence-electron chi connectivity index (χ0n) is 5.55. The Kier molecular flexibility index (Phi) is 6.41. The van der Waals surface area contributed by atoms with Crippen LogP contribution in [0.2, 0.25) is 0 Å². The summed E-state index contributed by atoms with van der Waals surface area (Å²) in [4.78, 5) is 0. The Labute approximate surface area is 71.3 Å². The first-order valence-electron chi connectivity index (χ1n) is 3.30. The van der Waals surface area contributed by atoms with Gasteiger partial charge in [0.2, 0.25) is 0 Å². The molecule has 0 atom stereocenters. The summed E-state index contributed by atoms with van der Waals surface area (Å²) < 4.78 is 0. The first-order valence-corrected chi connectivity index (χ1v) is 3.30. The standard InChI is InChI=1S/C8H12.W/c1-2-4-6-8-7-5-3-1;/h1-2,7-8H,3-6H2;/b2-1-,8-7?;. The van der Waals surface area contributed by atoms with Crippen LogP contribution < -0.4 is 0 Å². The van der Waals surface area contributed by atoms with E-state index in [1.807, 2.05) is 0 Å². The van der Waals surface area contributed by atoms with Gasteiger partial charge in [-0.2, -0.15) is 0 Å². The SMILES string of the molecule is C1=CCC/C=C\CC1.[W]. The zero-order valence-corrected chi connectivity index (χ0v) is 8.48. The Morgan fingerprint density at radius 3 is 1.00 bits per heavy atom. The van der Waals surface area contributed by atoms with E-state index in [-0.39, 0.29) is 21.1 Å². The molecule has 0 bridgehead atoms. The van der Waals surface area contributed by atoms with E-state index < -0.39 is 0 Å². The molecule has 1 aliphatic rings. The fourth-order valence-corrected chi connectivity index (χ4v) is 0.856. The molecule has 1 aliphatic carbocycles. The molecule has 0 N–H and O–H groups in total. The fourth-order valence-electron chi connectivity index (χ4n) is 0.856. The molecule has 0 fully saturated rings. The van der Waals surface area contributed by atoms with Gasteiger partial charge in [-0.05, 0) is 25.7 Å². The topological polar surface area (TPSA) is 0 Å². The van der Waals surface area contributed by atoms with E-state index >= 15 is 0 Å². The van der Waals surface area contributed by atoms with Gasteiger partial charge >= 0.3 is 0 Å². The fraction of sp³-hybridized carbons (Fsp3) is 0.500. The second kappa shape index (κ2) is 6.29. The Hall–Kier alpha value is 0.168. The van der Waals surface area contributed by atoms with Crippen molar-refractivity contribution < 1.29 is 21.1 Å². The summed E-state index contributed by atoms with van der Waals surface area (Å²) in [6, 6.07) is 0. The Morgan fingerprint density at radius 2 is 0.778 bits per heavy atom. The molecule has 0 radical (unpaired) electrons. The minimum Gasteiger partial charge on any atom is -0.0882 e. The Balaban J connectivity index is 0.000000640. The summed E-state index contributed by atoms with van der Waals surface area (Å²) in [5.41, 5.74) is 0. The van der Waals surface area contributed by atoms with Crippen LogP contribution in [0.1, 0.15) is 25.7 Å². The van der Waals surface area contributed by atoms with Crippen LogP contribution in [0.4, 0.5) is 0 Å².